The molecule has 0 aliphatic heterocycles. The molecule has 0 aliphatic carbocycles. The molecule has 3 N–H and O–H groups in total. The molecule has 16 heavy (non-hydrogen) atoms. The molecule has 0 saturated heterocycles. The summed E-state index contributed by atoms with van der Waals surface area (Å²) in [6.45, 7) is 0. The minimum absolute atomic E-state index is 0. The first kappa shape index (κ1) is 14.9. The molecule has 0 bridgehead atoms. The second-order valence-electron chi connectivity index (χ2n) is 3.16. The fraction of sp³-hybridized carbons (Fsp3) is 0.400. The number of alkyl halides is 2. The first-order chi connectivity index (χ1) is 7.04. The Morgan fingerprint density at radius 3 is 2.50 bits per heavy atom. The molecule has 0 aliphatic rings. The van der Waals surface area contributed by atoms with Crippen molar-refractivity contribution in [3.63, 3.8) is 0 Å². The molecule has 0 radical (unpaired) electrons. The van der Waals surface area contributed by atoms with Crippen LogP contribution in [0, 0.1) is 0 Å². The summed E-state index contributed by atoms with van der Waals surface area (Å²) in [5, 5.41) is 9.41. The smallest absolute Gasteiger partial charge is 0.240 e. The number of rotatable bonds is 4. The molecule has 0 fully saturated rings. The minimum Gasteiger partial charge on any atom is -0.504 e. The largest absolute Gasteiger partial charge is 0.504 e. The van der Waals surface area contributed by atoms with Gasteiger partial charge < -0.3 is 15.6 Å². The molecule has 0 heterocycles. The lowest BCUT2D eigenvalue weighted by Crippen LogP contribution is -2.13. The van der Waals surface area contributed by atoms with Crippen LogP contribution in [0.3, 0.4) is 0 Å². The Balaban J connectivity index is 0.00000225. The zero-order valence-electron chi connectivity index (χ0n) is 8.69. The van der Waals surface area contributed by atoms with Gasteiger partial charge in [-0.05, 0) is 17.7 Å². The zero-order chi connectivity index (χ0) is 11.4. The van der Waals surface area contributed by atoms with Gasteiger partial charge in [-0.25, -0.2) is 8.78 Å². The van der Waals surface area contributed by atoms with Crippen molar-refractivity contribution in [2.75, 3.05) is 7.11 Å². The van der Waals surface area contributed by atoms with Crippen LogP contribution in [0.5, 0.6) is 11.5 Å². The van der Waals surface area contributed by atoms with Gasteiger partial charge in [-0.1, -0.05) is 6.07 Å². The third-order valence-electron chi connectivity index (χ3n) is 2.06. The molecular weight excluding hydrogens is 240 g/mol. The highest BCUT2D eigenvalue weighted by Gasteiger charge is 2.14. The second kappa shape index (κ2) is 6.50. The van der Waals surface area contributed by atoms with E-state index in [1.54, 1.807) is 6.07 Å². The van der Waals surface area contributed by atoms with E-state index in [9.17, 15) is 13.9 Å². The van der Waals surface area contributed by atoms with Crippen LogP contribution in [-0.2, 0) is 0 Å². The number of hydrogen-bond acceptors (Lipinski definition) is 3. The van der Waals surface area contributed by atoms with Gasteiger partial charge in [0.05, 0.1) is 7.11 Å². The molecule has 1 aromatic carbocycles. The van der Waals surface area contributed by atoms with Crippen molar-refractivity contribution < 1.29 is 18.6 Å². The number of hydrogen-bond donors (Lipinski definition) is 2. The van der Waals surface area contributed by atoms with Crippen LogP contribution in [0.2, 0.25) is 0 Å². The van der Waals surface area contributed by atoms with Gasteiger partial charge in [0.2, 0.25) is 6.43 Å². The van der Waals surface area contributed by atoms with Crippen molar-refractivity contribution in [1.29, 1.82) is 0 Å². The summed E-state index contributed by atoms with van der Waals surface area (Å²) in [7, 11) is 1.41. The van der Waals surface area contributed by atoms with Gasteiger partial charge in [-0.2, -0.15) is 0 Å². The Hall–Kier alpha value is -1.07. The predicted molar refractivity (Wildman–Crippen MR) is 59.5 cm³/mol. The van der Waals surface area contributed by atoms with E-state index in [4.69, 9.17) is 10.5 Å². The maximum Gasteiger partial charge on any atom is 0.240 e. The number of ether oxygens (including phenoxy) is 1. The third-order valence-corrected chi connectivity index (χ3v) is 2.06. The quantitative estimate of drug-likeness (QED) is 0.867. The average molecular weight is 254 g/mol. The highest BCUT2D eigenvalue weighted by Crippen LogP contribution is 2.29. The van der Waals surface area contributed by atoms with Crippen molar-refractivity contribution in [2.45, 2.75) is 18.9 Å². The predicted octanol–water partition coefficient (Wildman–Crippen LogP) is 2.48. The topological polar surface area (TPSA) is 55.5 Å². The molecule has 1 aromatic rings. The highest BCUT2D eigenvalue weighted by atomic mass is 35.5. The molecule has 0 amide bonds. The fourth-order valence-electron chi connectivity index (χ4n) is 1.27. The van der Waals surface area contributed by atoms with Crippen LogP contribution in [0.4, 0.5) is 8.78 Å². The average Bonchev–Trinajstić information content (AvgIpc) is 2.16. The van der Waals surface area contributed by atoms with Gasteiger partial charge in [0.1, 0.15) is 0 Å². The number of halogens is 3. The molecule has 0 spiro atoms. The monoisotopic (exact) mass is 253 g/mol. The summed E-state index contributed by atoms with van der Waals surface area (Å²) >= 11 is 0. The Bertz CT molecular complexity index is 337. The van der Waals surface area contributed by atoms with E-state index in [2.05, 4.69) is 0 Å². The van der Waals surface area contributed by atoms with Crippen LogP contribution in [0.15, 0.2) is 18.2 Å². The first-order valence-electron chi connectivity index (χ1n) is 4.45. The van der Waals surface area contributed by atoms with Gasteiger partial charge in [-0.15, -0.1) is 12.4 Å². The summed E-state index contributed by atoms with van der Waals surface area (Å²) in [5.41, 5.74) is 5.99. The lowest BCUT2D eigenvalue weighted by Gasteiger charge is -2.12. The molecule has 0 aromatic heterocycles. The Morgan fingerprint density at radius 1 is 1.44 bits per heavy atom. The summed E-state index contributed by atoms with van der Waals surface area (Å²) in [6.07, 6.45) is -2.88. The molecule has 1 rings (SSSR count). The Kier molecular flexibility index (Phi) is 6.06. The minimum atomic E-state index is -2.45. The van der Waals surface area contributed by atoms with Crippen molar-refractivity contribution >= 4 is 12.4 Å². The number of benzene rings is 1. The molecular formula is C10H14ClF2NO2. The zero-order valence-corrected chi connectivity index (χ0v) is 9.51. The summed E-state index contributed by atoms with van der Waals surface area (Å²) in [6, 6.07) is 3.62. The van der Waals surface area contributed by atoms with Gasteiger partial charge in [0, 0.05) is 12.5 Å². The number of phenolic OH excluding ortho intramolecular Hbond substituents is 1. The van der Waals surface area contributed by atoms with E-state index in [1.807, 2.05) is 0 Å². The Labute approximate surface area is 98.6 Å². The molecule has 0 saturated carbocycles. The molecule has 0 unspecified atom stereocenters. The fourth-order valence-corrected chi connectivity index (χ4v) is 1.27. The van der Waals surface area contributed by atoms with Gasteiger partial charge >= 0.3 is 0 Å². The van der Waals surface area contributed by atoms with Crippen LogP contribution in [-0.4, -0.2) is 18.6 Å². The van der Waals surface area contributed by atoms with E-state index in [0.29, 0.717) is 11.3 Å². The van der Waals surface area contributed by atoms with Crippen LogP contribution < -0.4 is 10.5 Å². The van der Waals surface area contributed by atoms with E-state index < -0.39 is 18.9 Å². The van der Waals surface area contributed by atoms with Gasteiger partial charge in [0.25, 0.3) is 0 Å². The number of methoxy groups -OCH3 is 1. The summed E-state index contributed by atoms with van der Waals surface area (Å²) in [4.78, 5) is 0. The molecule has 1 atom stereocenters. The van der Waals surface area contributed by atoms with Crippen molar-refractivity contribution in [3.8, 4) is 11.5 Å². The molecule has 92 valence electrons. The first-order valence-corrected chi connectivity index (χ1v) is 4.45. The van der Waals surface area contributed by atoms with Gasteiger partial charge in [0.15, 0.2) is 11.5 Å². The maximum absolute atomic E-state index is 12.0. The lowest BCUT2D eigenvalue weighted by molar-refractivity contribution is 0.128. The molecule has 6 heteroatoms. The third kappa shape index (κ3) is 3.83. The Morgan fingerprint density at radius 2 is 2.06 bits per heavy atom. The number of aromatic hydroxyl groups is 1. The van der Waals surface area contributed by atoms with E-state index in [-0.39, 0.29) is 18.2 Å². The van der Waals surface area contributed by atoms with Crippen LogP contribution >= 0.6 is 12.4 Å². The van der Waals surface area contributed by atoms with E-state index in [0.717, 1.165) is 0 Å². The summed E-state index contributed by atoms with van der Waals surface area (Å²) in [5.74, 6) is 0.197. The van der Waals surface area contributed by atoms with Crippen LogP contribution in [0.1, 0.15) is 18.0 Å². The standard InChI is InChI=1S/C10H13F2NO2.ClH/c1-15-9-3-2-6(4-8(9)14)7(13)5-10(11)12;/h2-4,7,10,14H,5,13H2,1H3;1H/t7-;/m1./s1. The normalized spacial score (nSPS) is 12.1. The van der Waals surface area contributed by atoms with Crippen molar-refractivity contribution in [2.24, 2.45) is 5.73 Å². The van der Waals surface area contributed by atoms with Gasteiger partial charge in [-0.3, -0.25) is 0 Å². The van der Waals surface area contributed by atoms with E-state index in [1.165, 1.54) is 19.2 Å². The summed E-state index contributed by atoms with van der Waals surface area (Å²) < 4.78 is 28.9. The van der Waals surface area contributed by atoms with Crippen molar-refractivity contribution in [3.05, 3.63) is 23.8 Å². The number of phenols is 1. The lowest BCUT2D eigenvalue weighted by atomic mass is 10.0. The van der Waals surface area contributed by atoms with Crippen molar-refractivity contribution in [1.82, 2.24) is 0 Å². The highest BCUT2D eigenvalue weighted by molar-refractivity contribution is 5.85. The molecule has 3 nitrogen and oxygen atoms in total. The maximum atomic E-state index is 12.0. The second-order valence-corrected chi connectivity index (χ2v) is 3.16. The van der Waals surface area contributed by atoms with E-state index >= 15 is 0 Å². The van der Waals surface area contributed by atoms with Crippen LogP contribution in [0.25, 0.3) is 0 Å². The SMILES string of the molecule is COc1ccc([C@H](N)CC(F)F)cc1O.Cl. The number of nitrogens with two attached hydrogens (primary N) is 1.